The molecule has 0 unspecified atom stereocenters. The first-order valence-corrected chi connectivity index (χ1v) is 9.78. The number of benzene rings is 1. The van der Waals surface area contributed by atoms with Crippen molar-refractivity contribution in [3.63, 3.8) is 0 Å². The summed E-state index contributed by atoms with van der Waals surface area (Å²) in [5, 5.41) is 2.88. The topological polar surface area (TPSA) is 69.7 Å². The Morgan fingerprint density at radius 1 is 1.26 bits per heavy atom. The van der Waals surface area contributed by atoms with E-state index in [0.29, 0.717) is 13.0 Å². The lowest BCUT2D eigenvalue weighted by molar-refractivity contribution is -0.138. The summed E-state index contributed by atoms with van der Waals surface area (Å²) in [4.78, 5) is 41.6. The van der Waals surface area contributed by atoms with Crippen LogP contribution in [0.25, 0.3) is 0 Å². The Bertz CT molecular complexity index is 832. The van der Waals surface area contributed by atoms with Gasteiger partial charge in [0.05, 0.1) is 0 Å². The number of hydrogen-bond donors (Lipinski definition) is 1. The number of amides is 4. The number of hydrogen-bond acceptors (Lipinski definition) is 3. The molecule has 1 spiro atoms. The lowest BCUT2D eigenvalue weighted by atomic mass is 9.92. The van der Waals surface area contributed by atoms with Crippen LogP contribution in [0.4, 0.5) is 4.79 Å². The molecule has 1 N–H and O–H groups in total. The zero-order chi connectivity index (χ0) is 19.0. The summed E-state index contributed by atoms with van der Waals surface area (Å²) in [5.74, 6) is -0.487. The SMILES string of the molecule is CCCN(C(=O)CN1C(=O)N[C@@]2(CCc3ccccc32)C1=O)C1=CCCC1. The average molecular weight is 367 g/mol. The molecule has 0 saturated carbocycles. The van der Waals surface area contributed by atoms with Crippen LogP contribution in [0.1, 0.15) is 50.2 Å². The van der Waals surface area contributed by atoms with Gasteiger partial charge in [0.1, 0.15) is 12.1 Å². The van der Waals surface area contributed by atoms with Crippen LogP contribution in [0, 0.1) is 0 Å². The summed E-state index contributed by atoms with van der Waals surface area (Å²) < 4.78 is 0. The summed E-state index contributed by atoms with van der Waals surface area (Å²) in [6.45, 7) is 2.43. The molecule has 4 rings (SSSR count). The highest BCUT2D eigenvalue weighted by atomic mass is 16.2. The van der Waals surface area contributed by atoms with Gasteiger partial charge in [-0.1, -0.05) is 37.3 Å². The second kappa shape index (κ2) is 6.83. The van der Waals surface area contributed by atoms with Crippen molar-refractivity contribution in [1.29, 1.82) is 0 Å². The van der Waals surface area contributed by atoms with Crippen molar-refractivity contribution in [2.75, 3.05) is 13.1 Å². The fourth-order valence-corrected chi connectivity index (χ4v) is 4.50. The van der Waals surface area contributed by atoms with Gasteiger partial charge in [0.25, 0.3) is 5.91 Å². The molecule has 1 aromatic rings. The summed E-state index contributed by atoms with van der Waals surface area (Å²) >= 11 is 0. The van der Waals surface area contributed by atoms with E-state index in [9.17, 15) is 14.4 Å². The van der Waals surface area contributed by atoms with Crippen molar-refractivity contribution in [2.24, 2.45) is 0 Å². The van der Waals surface area contributed by atoms with Crippen molar-refractivity contribution in [2.45, 2.75) is 51.0 Å². The Morgan fingerprint density at radius 2 is 2.07 bits per heavy atom. The van der Waals surface area contributed by atoms with Crippen LogP contribution >= 0.6 is 0 Å². The zero-order valence-electron chi connectivity index (χ0n) is 15.7. The maximum Gasteiger partial charge on any atom is 0.325 e. The molecule has 0 radical (unpaired) electrons. The number of allylic oxidation sites excluding steroid dienone is 2. The van der Waals surface area contributed by atoms with Crippen molar-refractivity contribution < 1.29 is 14.4 Å². The molecule has 1 heterocycles. The molecule has 1 saturated heterocycles. The van der Waals surface area contributed by atoms with Crippen LogP contribution in [0.2, 0.25) is 0 Å². The number of imide groups is 1. The first-order valence-electron chi connectivity index (χ1n) is 9.78. The number of carbonyl (C=O) groups is 3. The minimum Gasteiger partial charge on any atom is -0.319 e. The summed E-state index contributed by atoms with van der Waals surface area (Å²) in [5.41, 5.74) is 1.97. The molecule has 1 aromatic carbocycles. The van der Waals surface area contributed by atoms with E-state index in [1.807, 2.05) is 31.2 Å². The first-order chi connectivity index (χ1) is 13.1. The third-order valence-corrected chi connectivity index (χ3v) is 5.83. The number of nitrogens with zero attached hydrogens (tertiary/aromatic N) is 2. The minimum absolute atomic E-state index is 0.183. The third-order valence-electron chi connectivity index (χ3n) is 5.83. The van der Waals surface area contributed by atoms with Gasteiger partial charge in [-0.05, 0) is 49.7 Å². The van der Waals surface area contributed by atoms with Gasteiger partial charge < -0.3 is 10.2 Å². The van der Waals surface area contributed by atoms with Gasteiger partial charge in [0.2, 0.25) is 5.91 Å². The normalized spacial score (nSPS) is 23.6. The quantitative estimate of drug-likeness (QED) is 0.814. The predicted octanol–water partition coefficient (Wildman–Crippen LogP) is 2.69. The van der Waals surface area contributed by atoms with Gasteiger partial charge >= 0.3 is 6.03 Å². The van der Waals surface area contributed by atoms with E-state index in [2.05, 4.69) is 11.4 Å². The van der Waals surface area contributed by atoms with Gasteiger partial charge in [-0.25, -0.2) is 4.79 Å². The average Bonchev–Trinajstić information content (AvgIpc) is 3.37. The van der Waals surface area contributed by atoms with Gasteiger partial charge in [-0.2, -0.15) is 0 Å². The molecule has 0 bridgehead atoms. The number of urea groups is 1. The highest BCUT2D eigenvalue weighted by Crippen LogP contribution is 2.41. The second-order valence-electron chi connectivity index (χ2n) is 7.52. The Labute approximate surface area is 159 Å². The maximum absolute atomic E-state index is 13.2. The molecule has 3 aliphatic rings. The Kier molecular flexibility index (Phi) is 4.50. The Morgan fingerprint density at radius 3 is 2.81 bits per heavy atom. The van der Waals surface area contributed by atoms with E-state index < -0.39 is 11.6 Å². The molecule has 6 heteroatoms. The van der Waals surface area contributed by atoms with Gasteiger partial charge in [0, 0.05) is 12.2 Å². The maximum atomic E-state index is 13.2. The summed E-state index contributed by atoms with van der Waals surface area (Å²) in [6.07, 6.45) is 7.12. The Hall–Kier alpha value is -2.63. The largest absolute Gasteiger partial charge is 0.325 e. The van der Waals surface area contributed by atoms with Crippen molar-refractivity contribution in [3.05, 3.63) is 47.2 Å². The lowest BCUT2D eigenvalue weighted by Crippen LogP contribution is -2.44. The zero-order valence-corrected chi connectivity index (χ0v) is 15.7. The molecule has 1 aliphatic heterocycles. The van der Waals surface area contributed by atoms with Gasteiger partial charge in [0.15, 0.2) is 0 Å². The third kappa shape index (κ3) is 2.83. The van der Waals surface area contributed by atoms with Crippen molar-refractivity contribution >= 4 is 17.8 Å². The molecule has 27 heavy (non-hydrogen) atoms. The van der Waals surface area contributed by atoms with Gasteiger partial charge in [-0.15, -0.1) is 0 Å². The number of aryl methyl sites for hydroxylation is 1. The fraction of sp³-hybridized carbons (Fsp3) is 0.476. The minimum atomic E-state index is -1.00. The van der Waals surface area contributed by atoms with Crippen molar-refractivity contribution in [1.82, 2.24) is 15.1 Å². The van der Waals surface area contributed by atoms with Crippen LogP contribution in [-0.2, 0) is 21.5 Å². The summed E-state index contributed by atoms with van der Waals surface area (Å²) in [6, 6.07) is 7.25. The molecule has 6 nitrogen and oxygen atoms in total. The smallest absolute Gasteiger partial charge is 0.319 e. The number of rotatable bonds is 5. The van der Waals surface area contributed by atoms with E-state index in [4.69, 9.17) is 0 Å². The molecule has 142 valence electrons. The second-order valence-corrected chi connectivity index (χ2v) is 7.52. The summed E-state index contributed by atoms with van der Waals surface area (Å²) in [7, 11) is 0. The number of nitrogens with one attached hydrogen (secondary N) is 1. The standard InChI is InChI=1S/C21H25N3O3/c1-2-13-23(16-8-4-5-9-16)18(25)14-24-19(26)21(22-20(24)27)12-11-15-7-3-6-10-17(15)21/h3,6-8,10H,2,4-5,9,11-14H2,1H3,(H,22,27)/t21-/m1/s1. The number of carbonyl (C=O) groups excluding carboxylic acids is 3. The molecule has 0 aromatic heterocycles. The number of fused-ring (bicyclic) bond motifs is 2. The molecule has 1 fully saturated rings. The van der Waals surface area contributed by atoms with Crippen LogP contribution in [0.5, 0.6) is 0 Å². The van der Waals surface area contributed by atoms with Crippen molar-refractivity contribution in [3.8, 4) is 0 Å². The van der Waals surface area contributed by atoms with E-state index >= 15 is 0 Å². The first kappa shape index (κ1) is 17.8. The van der Waals surface area contributed by atoms with Gasteiger partial charge in [-0.3, -0.25) is 14.5 Å². The molecular formula is C21H25N3O3. The predicted molar refractivity (Wildman–Crippen MR) is 101 cm³/mol. The highest BCUT2D eigenvalue weighted by Gasteiger charge is 2.55. The van der Waals surface area contributed by atoms with E-state index in [-0.39, 0.29) is 18.4 Å². The van der Waals surface area contributed by atoms with E-state index in [1.54, 1.807) is 4.90 Å². The monoisotopic (exact) mass is 367 g/mol. The lowest BCUT2D eigenvalue weighted by Gasteiger charge is -2.26. The van der Waals surface area contributed by atoms with E-state index in [0.717, 1.165) is 53.8 Å². The molecular weight excluding hydrogens is 342 g/mol. The van der Waals surface area contributed by atoms with E-state index in [1.165, 1.54) is 0 Å². The fourth-order valence-electron chi connectivity index (χ4n) is 4.50. The molecule has 2 aliphatic carbocycles. The Balaban J connectivity index is 1.56. The highest BCUT2D eigenvalue weighted by molar-refractivity contribution is 6.10. The van der Waals surface area contributed by atoms with Crippen LogP contribution in [0.3, 0.4) is 0 Å². The van der Waals surface area contributed by atoms with Crippen LogP contribution in [0.15, 0.2) is 36.0 Å². The molecule has 4 amide bonds. The van der Waals surface area contributed by atoms with Crippen LogP contribution in [-0.4, -0.2) is 40.7 Å². The molecule has 1 atom stereocenters. The van der Waals surface area contributed by atoms with Crippen LogP contribution < -0.4 is 5.32 Å².